The number of carbonyl (C=O) groups excluding carboxylic acids is 4. The first-order valence-electron chi connectivity index (χ1n) is 12.9. The molecule has 42 heavy (non-hydrogen) atoms. The summed E-state index contributed by atoms with van der Waals surface area (Å²) in [6.45, 7) is 0.292. The van der Waals surface area contributed by atoms with Crippen LogP contribution >= 0.6 is 27.7 Å². The standard InChI is InChI=1S/C30H25BrFN3O6S/c1-40-24-13-18(12-23(31)28(24)41-17-26(36)33-22-8-6-21(32)7-9-22)14-25-29(38)35(30(39)42-25)16-27(37)34-11-10-19-4-2-3-5-20(19)15-34/h2-9,12-14H,10-11,15-17H2,1H3,(H,33,36)/b25-14-. The third kappa shape index (κ3) is 6.66. The summed E-state index contributed by atoms with van der Waals surface area (Å²) in [5.74, 6) is -1.18. The van der Waals surface area contributed by atoms with Crippen molar-refractivity contribution in [3.8, 4) is 11.5 Å². The van der Waals surface area contributed by atoms with Gasteiger partial charge >= 0.3 is 0 Å². The van der Waals surface area contributed by atoms with Gasteiger partial charge in [-0.2, -0.15) is 0 Å². The number of anilines is 1. The number of thioether (sulfide) groups is 1. The van der Waals surface area contributed by atoms with Gasteiger partial charge in [0.15, 0.2) is 18.1 Å². The minimum atomic E-state index is -0.552. The van der Waals surface area contributed by atoms with Crippen molar-refractivity contribution in [1.29, 1.82) is 0 Å². The molecule has 1 saturated heterocycles. The van der Waals surface area contributed by atoms with E-state index < -0.39 is 22.9 Å². The Bertz CT molecular complexity index is 1600. The Morgan fingerprint density at radius 3 is 2.57 bits per heavy atom. The van der Waals surface area contributed by atoms with E-state index in [-0.39, 0.29) is 35.5 Å². The average molecular weight is 655 g/mol. The maximum atomic E-state index is 13.1. The Morgan fingerprint density at radius 2 is 1.83 bits per heavy atom. The summed E-state index contributed by atoms with van der Waals surface area (Å²) in [4.78, 5) is 53.9. The molecule has 0 bridgehead atoms. The minimum Gasteiger partial charge on any atom is -0.493 e. The molecule has 0 unspecified atom stereocenters. The summed E-state index contributed by atoms with van der Waals surface area (Å²) in [6.07, 6.45) is 2.25. The lowest BCUT2D eigenvalue weighted by Crippen LogP contribution is -2.44. The molecule has 4 amide bonds. The van der Waals surface area contributed by atoms with Gasteiger partial charge < -0.3 is 19.7 Å². The SMILES string of the molecule is COc1cc(/C=C2\SC(=O)N(CC(=O)N3CCc4ccccc4C3)C2=O)cc(Br)c1OCC(=O)Nc1ccc(F)cc1. The van der Waals surface area contributed by atoms with Crippen LogP contribution in [-0.2, 0) is 27.3 Å². The van der Waals surface area contributed by atoms with Crippen LogP contribution in [0.1, 0.15) is 16.7 Å². The first-order chi connectivity index (χ1) is 20.2. The molecule has 9 nitrogen and oxygen atoms in total. The zero-order chi connectivity index (χ0) is 29.8. The quantitative estimate of drug-likeness (QED) is 0.332. The predicted molar refractivity (Wildman–Crippen MR) is 159 cm³/mol. The average Bonchev–Trinajstić information content (AvgIpc) is 3.24. The Hall–Kier alpha value is -4.16. The highest BCUT2D eigenvalue weighted by molar-refractivity contribution is 9.10. The Labute approximate surface area is 253 Å². The molecule has 216 valence electrons. The number of benzene rings is 3. The number of methoxy groups -OCH3 is 1. The molecule has 0 saturated carbocycles. The molecular formula is C30H25BrFN3O6S. The van der Waals surface area contributed by atoms with Crippen molar-refractivity contribution in [2.75, 3.05) is 32.1 Å². The second-order valence-electron chi connectivity index (χ2n) is 9.48. The fourth-order valence-electron chi connectivity index (χ4n) is 4.56. The van der Waals surface area contributed by atoms with Crippen molar-refractivity contribution in [1.82, 2.24) is 9.80 Å². The van der Waals surface area contributed by atoms with Crippen molar-refractivity contribution in [2.45, 2.75) is 13.0 Å². The molecule has 3 aromatic rings. The molecule has 12 heteroatoms. The van der Waals surface area contributed by atoms with E-state index in [1.165, 1.54) is 43.0 Å². The molecule has 5 rings (SSSR count). The number of halogens is 2. The molecule has 0 spiro atoms. The largest absolute Gasteiger partial charge is 0.493 e. The van der Waals surface area contributed by atoms with E-state index in [4.69, 9.17) is 9.47 Å². The molecule has 0 radical (unpaired) electrons. The van der Waals surface area contributed by atoms with Crippen molar-refractivity contribution in [3.63, 3.8) is 0 Å². The molecule has 2 aliphatic heterocycles. The van der Waals surface area contributed by atoms with E-state index in [0.717, 1.165) is 28.6 Å². The zero-order valence-corrected chi connectivity index (χ0v) is 24.8. The molecule has 2 heterocycles. The third-order valence-corrected chi connectivity index (χ3v) is 8.17. The van der Waals surface area contributed by atoms with E-state index in [1.807, 2.05) is 24.3 Å². The molecular weight excluding hydrogens is 629 g/mol. The number of ether oxygens (including phenoxy) is 2. The molecule has 1 N–H and O–H groups in total. The van der Waals surface area contributed by atoms with Gasteiger partial charge in [0.05, 0.1) is 16.5 Å². The lowest BCUT2D eigenvalue weighted by atomic mass is 10.00. The van der Waals surface area contributed by atoms with Crippen LogP contribution in [0.15, 0.2) is 70.0 Å². The van der Waals surface area contributed by atoms with Gasteiger partial charge in [0.1, 0.15) is 12.4 Å². The monoisotopic (exact) mass is 653 g/mol. The smallest absolute Gasteiger partial charge is 0.294 e. The number of nitrogens with zero attached hydrogens (tertiary/aromatic N) is 2. The maximum absolute atomic E-state index is 13.1. The lowest BCUT2D eigenvalue weighted by Gasteiger charge is -2.29. The third-order valence-electron chi connectivity index (χ3n) is 6.68. The van der Waals surface area contributed by atoms with Crippen LogP contribution in [0.2, 0.25) is 0 Å². The molecule has 3 aromatic carbocycles. The highest BCUT2D eigenvalue weighted by atomic mass is 79.9. The van der Waals surface area contributed by atoms with Gasteiger partial charge in [-0.25, -0.2) is 4.39 Å². The number of rotatable bonds is 8. The molecule has 0 aliphatic carbocycles. The second kappa shape index (κ2) is 12.8. The van der Waals surface area contributed by atoms with Gasteiger partial charge in [0.25, 0.3) is 17.1 Å². The number of amides is 4. The van der Waals surface area contributed by atoms with Gasteiger partial charge in [-0.1, -0.05) is 24.3 Å². The van der Waals surface area contributed by atoms with Crippen molar-refractivity contribution >= 4 is 62.4 Å². The summed E-state index contributed by atoms with van der Waals surface area (Å²) < 4.78 is 24.6. The Morgan fingerprint density at radius 1 is 1.10 bits per heavy atom. The second-order valence-corrected chi connectivity index (χ2v) is 11.3. The maximum Gasteiger partial charge on any atom is 0.294 e. The highest BCUT2D eigenvalue weighted by Crippen LogP contribution is 2.39. The number of nitrogens with one attached hydrogen (secondary N) is 1. The van der Waals surface area contributed by atoms with Gasteiger partial charge in [0.2, 0.25) is 5.91 Å². The molecule has 2 aliphatic rings. The fourth-order valence-corrected chi connectivity index (χ4v) is 5.98. The predicted octanol–water partition coefficient (Wildman–Crippen LogP) is 5.24. The van der Waals surface area contributed by atoms with Crippen LogP contribution in [0.3, 0.4) is 0 Å². The normalized spacial score (nSPS) is 15.5. The van der Waals surface area contributed by atoms with Crippen LogP contribution in [0.4, 0.5) is 14.9 Å². The first-order valence-corrected chi connectivity index (χ1v) is 14.5. The molecule has 0 atom stereocenters. The van der Waals surface area contributed by atoms with E-state index >= 15 is 0 Å². The lowest BCUT2D eigenvalue weighted by molar-refractivity contribution is -0.136. The van der Waals surface area contributed by atoms with E-state index in [2.05, 4.69) is 21.2 Å². The van der Waals surface area contributed by atoms with Gasteiger partial charge in [0, 0.05) is 18.8 Å². The number of fused-ring (bicyclic) bond motifs is 1. The van der Waals surface area contributed by atoms with Crippen molar-refractivity contribution in [2.24, 2.45) is 0 Å². The van der Waals surface area contributed by atoms with Crippen LogP contribution in [0.25, 0.3) is 6.08 Å². The first kappa shape index (κ1) is 29.3. The fraction of sp³-hybridized carbons (Fsp3) is 0.200. The number of hydrogen-bond acceptors (Lipinski definition) is 7. The minimum absolute atomic E-state index is 0.165. The van der Waals surface area contributed by atoms with Crippen LogP contribution in [-0.4, -0.2) is 59.6 Å². The summed E-state index contributed by atoms with van der Waals surface area (Å²) in [6, 6.07) is 16.5. The summed E-state index contributed by atoms with van der Waals surface area (Å²) in [5, 5.41) is 2.09. The van der Waals surface area contributed by atoms with E-state index in [9.17, 15) is 23.6 Å². The van der Waals surface area contributed by atoms with Crippen molar-refractivity contribution in [3.05, 3.63) is 92.5 Å². The number of hydrogen-bond donors (Lipinski definition) is 1. The summed E-state index contributed by atoms with van der Waals surface area (Å²) in [5.41, 5.74) is 3.21. The topological polar surface area (TPSA) is 105 Å². The molecule has 1 fully saturated rings. The van der Waals surface area contributed by atoms with Gasteiger partial charge in [-0.05, 0) is 93.3 Å². The number of carbonyl (C=O) groups is 4. The van der Waals surface area contributed by atoms with E-state index in [1.54, 1.807) is 17.0 Å². The Balaban J connectivity index is 1.23. The molecule has 0 aromatic heterocycles. The highest BCUT2D eigenvalue weighted by Gasteiger charge is 2.37. The summed E-state index contributed by atoms with van der Waals surface area (Å²) in [7, 11) is 1.43. The van der Waals surface area contributed by atoms with Gasteiger partial charge in [-0.3, -0.25) is 24.1 Å². The zero-order valence-electron chi connectivity index (χ0n) is 22.4. The summed E-state index contributed by atoms with van der Waals surface area (Å²) >= 11 is 4.17. The van der Waals surface area contributed by atoms with Crippen LogP contribution in [0.5, 0.6) is 11.5 Å². The van der Waals surface area contributed by atoms with Crippen molar-refractivity contribution < 1.29 is 33.0 Å². The van der Waals surface area contributed by atoms with Gasteiger partial charge in [-0.15, -0.1) is 0 Å². The number of imide groups is 1. The van der Waals surface area contributed by atoms with E-state index in [0.29, 0.717) is 28.8 Å². The van der Waals surface area contributed by atoms with Crippen LogP contribution < -0.4 is 14.8 Å². The van der Waals surface area contributed by atoms with Crippen LogP contribution in [0, 0.1) is 5.82 Å². The Kier molecular flexibility index (Phi) is 8.93.